The number of hydrogen-bond donors (Lipinski definition) is 1. The second-order valence-electron chi connectivity index (χ2n) is 6.36. The van der Waals surface area contributed by atoms with Gasteiger partial charge in [0.2, 0.25) is 0 Å². The van der Waals surface area contributed by atoms with Crippen LogP contribution in [0, 0.1) is 11.3 Å². The molecular weight excluding hydrogens is 402 g/mol. The second kappa shape index (κ2) is 7.90. The van der Waals surface area contributed by atoms with Gasteiger partial charge in [0.1, 0.15) is 11.1 Å². The average Bonchev–Trinajstić information content (AvgIpc) is 3.20. The summed E-state index contributed by atoms with van der Waals surface area (Å²) in [6.07, 6.45) is 2.62. The van der Waals surface area contributed by atoms with Crippen molar-refractivity contribution in [3.05, 3.63) is 51.4 Å². The molecule has 3 heterocycles. The summed E-state index contributed by atoms with van der Waals surface area (Å²) in [5.41, 5.74) is 1.34. The topological polar surface area (TPSA) is 74.0 Å². The summed E-state index contributed by atoms with van der Waals surface area (Å²) in [5.74, 6) is 0. The number of fused-ring (bicyclic) bond motifs is 1. The standard InChI is InChI=1S/C18H16ClN5OS.H2S/c1-23-8-6-11(10-23)24-18(25)13(9-20)17(26-24)22-16-12-3-2-7-21-15(12)5-4-14(16)19;/h2-5,7,11,22H,6,8,10H2,1H3;1H2/t11-;/m0./s1. The maximum Gasteiger partial charge on any atom is 0.281 e. The van der Waals surface area contributed by atoms with E-state index in [2.05, 4.69) is 15.2 Å². The molecule has 140 valence electrons. The molecule has 0 unspecified atom stereocenters. The number of nitrogens with one attached hydrogen (secondary N) is 1. The van der Waals surface area contributed by atoms with Crippen LogP contribution in [0.2, 0.25) is 5.02 Å². The van der Waals surface area contributed by atoms with Crippen LogP contribution in [-0.4, -0.2) is 34.0 Å². The van der Waals surface area contributed by atoms with Crippen LogP contribution in [0.1, 0.15) is 18.0 Å². The zero-order valence-corrected chi connectivity index (χ0v) is 17.1. The van der Waals surface area contributed by atoms with Crippen LogP contribution in [0.4, 0.5) is 10.7 Å². The quantitative estimate of drug-likeness (QED) is 0.700. The fraction of sp³-hybridized carbons (Fsp3) is 0.278. The summed E-state index contributed by atoms with van der Waals surface area (Å²) < 4.78 is 1.71. The van der Waals surface area contributed by atoms with E-state index in [1.165, 1.54) is 11.5 Å². The van der Waals surface area contributed by atoms with Crippen molar-refractivity contribution < 1.29 is 0 Å². The molecule has 1 N–H and O–H groups in total. The van der Waals surface area contributed by atoms with Crippen LogP contribution in [0.15, 0.2) is 35.3 Å². The number of aromatic nitrogens is 2. The van der Waals surface area contributed by atoms with Gasteiger partial charge in [0, 0.05) is 18.1 Å². The number of anilines is 2. The first-order valence-corrected chi connectivity index (χ1v) is 9.38. The van der Waals surface area contributed by atoms with Gasteiger partial charge in [-0.2, -0.15) is 18.8 Å². The molecule has 1 aliphatic heterocycles. The predicted octanol–water partition coefficient (Wildman–Crippen LogP) is 3.72. The number of likely N-dealkylation sites (tertiary alicyclic amines) is 1. The van der Waals surface area contributed by atoms with Crippen LogP contribution >= 0.6 is 36.6 Å². The van der Waals surface area contributed by atoms with Crippen molar-refractivity contribution in [1.82, 2.24) is 13.8 Å². The Kier molecular flexibility index (Phi) is 5.77. The van der Waals surface area contributed by atoms with Gasteiger partial charge in [-0.25, -0.2) is 0 Å². The average molecular weight is 420 g/mol. The molecule has 0 bridgehead atoms. The molecule has 9 heteroatoms. The minimum Gasteiger partial charge on any atom is -0.343 e. The van der Waals surface area contributed by atoms with Crippen LogP contribution in [0.3, 0.4) is 0 Å². The zero-order chi connectivity index (χ0) is 18.3. The van der Waals surface area contributed by atoms with Crippen LogP contribution < -0.4 is 10.9 Å². The number of nitriles is 1. The van der Waals surface area contributed by atoms with Crippen molar-refractivity contribution in [2.75, 3.05) is 25.5 Å². The molecule has 27 heavy (non-hydrogen) atoms. The van der Waals surface area contributed by atoms with Crippen LogP contribution in [0.5, 0.6) is 0 Å². The third-order valence-electron chi connectivity index (χ3n) is 4.61. The Bertz CT molecular complexity index is 1090. The van der Waals surface area contributed by atoms with E-state index in [1.807, 2.05) is 31.3 Å². The highest BCUT2D eigenvalue weighted by atomic mass is 35.5. The largest absolute Gasteiger partial charge is 0.343 e. The number of nitrogens with zero attached hydrogens (tertiary/aromatic N) is 4. The Morgan fingerprint density at radius 3 is 2.93 bits per heavy atom. The smallest absolute Gasteiger partial charge is 0.281 e. The Morgan fingerprint density at radius 1 is 1.41 bits per heavy atom. The summed E-state index contributed by atoms with van der Waals surface area (Å²) >= 11 is 7.67. The molecule has 0 aliphatic carbocycles. The van der Waals surface area contributed by atoms with Gasteiger partial charge < -0.3 is 10.2 Å². The van der Waals surface area contributed by atoms with Crippen molar-refractivity contribution in [3.8, 4) is 6.07 Å². The maximum atomic E-state index is 12.7. The number of hydrogen-bond acceptors (Lipinski definition) is 6. The van der Waals surface area contributed by atoms with Crippen molar-refractivity contribution in [2.45, 2.75) is 12.5 Å². The lowest BCUT2D eigenvalue weighted by molar-refractivity contribution is 0.396. The maximum absolute atomic E-state index is 12.7. The van der Waals surface area contributed by atoms with Crippen molar-refractivity contribution in [1.29, 1.82) is 5.26 Å². The Labute approximate surface area is 172 Å². The highest BCUT2D eigenvalue weighted by molar-refractivity contribution is 7.59. The van der Waals surface area contributed by atoms with E-state index < -0.39 is 0 Å². The lowest BCUT2D eigenvalue weighted by Crippen LogP contribution is -2.23. The van der Waals surface area contributed by atoms with Gasteiger partial charge >= 0.3 is 0 Å². The second-order valence-corrected chi connectivity index (χ2v) is 7.75. The zero-order valence-electron chi connectivity index (χ0n) is 14.6. The van der Waals surface area contributed by atoms with E-state index in [4.69, 9.17) is 11.6 Å². The molecule has 1 aromatic carbocycles. The van der Waals surface area contributed by atoms with Gasteiger partial charge in [-0.1, -0.05) is 11.6 Å². The minimum absolute atomic E-state index is 0. The molecule has 0 spiro atoms. The van der Waals surface area contributed by atoms with Gasteiger partial charge in [-0.05, 0) is 55.8 Å². The lowest BCUT2D eigenvalue weighted by Gasteiger charge is -2.11. The van der Waals surface area contributed by atoms with Crippen molar-refractivity contribution in [2.24, 2.45) is 0 Å². The highest BCUT2D eigenvalue weighted by Gasteiger charge is 2.26. The SMILES string of the molecule is CN1CC[C@H](n2sc(Nc3c(Cl)ccc4ncccc34)c(C#N)c2=O)C1.S. The fourth-order valence-corrected chi connectivity index (χ4v) is 4.56. The molecule has 4 rings (SSSR count). The molecule has 1 atom stereocenters. The Morgan fingerprint density at radius 2 is 2.22 bits per heavy atom. The van der Waals surface area contributed by atoms with Crippen LogP contribution in [-0.2, 0) is 0 Å². The fourth-order valence-electron chi connectivity index (χ4n) is 3.29. The molecule has 0 radical (unpaired) electrons. The summed E-state index contributed by atoms with van der Waals surface area (Å²) in [6, 6.07) is 9.50. The van der Waals surface area contributed by atoms with Crippen molar-refractivity contribution >= 4 is 58.2 Å². The monoisotopic (exact) mass is 419 g/mol. The molecule has 6 nitrogen and oxygen atoms in total. The molecule has 1 saturated heterocycles. The minimum atomic E-state index is -0.241. The van der Waals surface area contributed by atoms with Crippen LogP contribution in [0.25, 0.3) is 10.9 Å². The third kappa shape index (κ3) is 3.56. The van der Waals surface area contributed by atoms with Gasteiger partial charge in [0.25, 0.3) is 5.56 Å². The summed E-state index contributed by atoms with van der Waals surface area (Å²) in [4.78, 5) is 19.2. The number of rotatable bonds is 3. The van der Waals surface area contributed by atoms with Gasteiger partial charge in [0.15, 0.2) is 5.56 Å². The summed E-state index contributed by atoms with van der Waals surface area (Å²) in [5, 5.41) is 14.6. The van der Waals surface area contributed by atoms with E-state index in [0.29, 0.717) is 15.7 Å². The first-order chi connectivity index (χ1) is 12.6. The number of benzene rings is 1. The molecule has 0 saturated carbocycles. The van der Waals surface area contributed by atoms with Gasteiger partial charge in [-0.15, -0.1) is 0 Å². The molecular formula is C18H18ClN5OS2. The highest BCUT2D eigenvalue weighted by Crippen LogP contribution is 2.35. The normalized spacial score (nSPS) is 16.9. The molecule has 3 aromatic rings. The molecule has 2 aromatic heterocycles. The predicted molar refractivity (Wildman–Crippen MR) is 115 cm³/mol. The number of halogens is 1. The van der Waals surface area contributed by atoms with E-state index in [0.717, 1.165) is 30.4 Å². The number of pyridine rings is 1. The summed E-state index contributed by atoms with van der Waals surface area (Å²) in [7, 11) is 2.03. The lowest BCUT2D eigenvalue weighted by atomic mass is 10.2. The first kappa shape index (κ1) is 19.7. The molecule has 0 amide bonds. The van der Waals surface area contributed by atoms with E-state index >= 15 is 0 Å². The molecule has 1 fully saturated rings. The Hall–Kier alpha value is -2.05. The first-order valence-electron chi connectivity index (χ1n) is 8.23. The number of likely N-dealkylation sites (N-methyl/N-ethyl adjacent to an activating group) is 1. The Balaban J connectivity index is 0.00000210. The van der Waals surface area contributed by atoms with Gasteiger partial charge in [0.05, 0.1) is 22.3 Å². The summed E-state index contributed by atoms with van der Waals surface area (Å²) in [6.45, 7) is 1.75. The van der Waals surface area contributed by atoms with E-state index in [-0.39, 0.29) is 30.7 Å². The van der Waals surface area contributed by atoms with Crippen molar-refractivity contribution in [3.63, 3.8) is 0 Å². The molecule has 1 aliphatic rings. The van der Waals surface area contributed by atoms with Gasteiger partial charge in [-0.3, -0.25) is 13.7 Å². The third-order valence-corrected chi connectivity index (χ3v) is 6.08. The van der Waals surface area contributed by atoms with E-state index in [1.54, 1.807) is 16.2 Å². The van der Waals surface area contributed by atoms with E-state index in [9.17, 15) is 10.1 Å².